The van der Waals surface area contributed by atoms with Gasteiger partial charge in [0.25, 0.3) is 0 Å². The molecule has 6 heteroatoms. The Morgan fingerprint density at radius 3 is 1.28 bits per heavy atom. The summed E-state index contributed by atoms with van der Waals surface area (Å²) in [5.74, 6) is -0.103. The lowest BCUT2D eigenvalue weighted by atomic mass is 10.0. The Morgan fingerprint density at radius 1 is 0.467 bits per heavy atom. The number of hydrogen-bond acceptors (Lipinski definition) is 5. The highest BCUT2D eigenvalue weighted by atomic mass is 16.5. The van der Waals surface area contributed by atoms with Crippen LogP contribution in [0, 0.1) is 0 Å². The molecule has 0 saturated carbocycles. The van der Waals surface area contributed by atoms with Crippen LogP contribution in [0.2, 0.25) is 0 Å². The molecular weight excluding hydrogens is 743 g/mol. The summed E-state index contributed by atoms with van der Waals surface area (Å²) in [5.41, 5.74) is 0. The number of hydrogen-bond donors (Lipinski definition) is 3. The molecule has 0 radical (unpaired) electrons. The van der Waals surface area contributed by atoms with Gasteiger partial charge in [-0.25, -0.2) is 0 Å². The van der Waals surface area contributed by atoms with Crippen LogP contribution in [0.5, 0.6) is 0 Å². The van der Waals surface area contributed by atoms with Crippen molar-refractivity contribution in [2.45, 2.75) is 283 Å². The van der Waals surface area contributed by atoms with Crippen LogP contribution in [-0.2, 0) is 14.3 Å². The molecule has 3 N–H and O–H groups in total. The predicted molar refractivity (Wildman–Crippen MR) is 259 cm³/mol. The number of aliphatic hydroxyl groups is 2. The van der Waals surface area contributed by atoms with Gasteiger partial charge in [0, 0.05) is 12.8 Å². The maximum absolute atomic E-state index is 12.4. The maximum atomic E-state index is 12.4. The second-order valence-electron chi connectivity index (χ2n) is 17.9. The number of unbranched alkanes of at least 4 members (excludes halogenated alkanes) is 33. The smallest absolute Gasteiger partial charge is 0.305 e. The molecule has 0 aromatic carbocycles. The Balaban J connectivity index is 3.49. The van der Waals surface area contributed by atoms with Crippen LogP contribution >= 0.6 is 0 Å². The molecule has 0 aliphatic rings. The van der Waals surface area contributed by atoms with E-state index in [0.29, 0.717) is 19.4 Å². The summed E-state index contributed by atoms with van der Waals surface area (Å²) in [6.07, 6.45) is 59.9. The van der Waals surface area contributed by atoms with Gasteiger partial charge in [0.15, 0.2) is 0 Å². The average Bonchev–Trinajstić information content (AvgIpc) is 3.25. The fraction of sp³-hybridized carbons (Fsp3) is 0.852. The molecule has 0 heterocycles. The molecule has 1 amide bonds. The summed E-state index contributed by atoms with van der Waals surface area (Å²) in [4.78, 5) is 24.5. The molecule has 6 nitrogen and oxygen atoms in total. The van der Waals surface area contributed by atoms with Crippen LogP contribution in [0.15, 0.2) is 36.5 Å². The molecule has 0 fully saturated rings. The molecule has 60 heavy (non-hydrogen) atoms. The second-order valence-corrected chi connectivity index (χ2v) is 17.9. The molecule has 2 unspecified atom stereocenters. The number of rotatable bonds is 48. The van der Waals surface area contributed by atoms with Gasteiger partial charge >= 0.3 is 5.97 Å². The highest BCUT2D eigenvalue weighted by Gasteiger charge is 2.18. The SMILES string of the molecule is CCCCCC/C=C\C/C=C\CCCCCCCC(=O)OCCCCCCCCCCCCCCCC(=O)NC(CO)C(O)/C=C/CCCCCCCCCCCCCC. The maximum Gasteiger partial charge on any atom is 0.305 e. The number of ether oxygens (including phenoxy) is 1. The second kappa shape index (κ2) is 49.7. The van der Waals surface area contributed by atoms with Crippen molar-refractivity contribution in [3.8, 4) is 0 Å². The van der Waals surface area contributed by atoms with E-state index in [0.717, 1.165) is 64.2 Å². The van der Waals surface area contributed by atoms with Crippen molar-refractivity contribution in [2.24, 2.45) is 0 Å². The van der Waals surface area contributed by atoms with E-state index in [2.05, 4.69) is 43.5 Å². The lowest BCUT2D eigenvalue weighted by Gasteiger charge is -2.20. The van der Waals surface area contributed by atoms with Crippen LogP contribution in [-0.4, -0.2) is 47.4 Å². The largest absolute Gasteiger partial charge is 0.466 e. The van der Waals surface area contributed by atoms with Gasteiger partial charge in [0.1, 0.15) is 0 Å². The van der Waals surface area contributed by atoms with Crippen LogP contribution in [0.1, 0.15) is 271 Å². The molecule has 0 aromatic heterocycles. The van der Waals surface area contributed by atoms with Gasteiger partial charge in [0.05, 0.1) is 25.4 Å². The van der Waals surface area contributed by atoms with Crippen molar-refractivity contribution in [2.75, 3.05) is 13.2 Å². The lowest BCUT2D eigenvalue weighted by molar-refractivity contribution is -0.143. The van der Waals surface area contributed by atoms with E-state index in [1.807, 2.05) is 6.08 Å². The quantitative estimate of drug-likeness (QED) is 0.0322. The minimum Gasteiger partial charge on any atom is -0.466 e. The Hall–Kier alpha value is -1.92. The third-order valence-corrected chi connectivity index (χ3v) is 11.9. The molecule has 0 spiro atoms. The fourth-order valence-corrected chi connectivity index (χ4v) is 7.84. The third kappa shape index (κ3) is 45.6. The highest BCUT2D eigenvalue weighted by molar-refractivity contribution is 5.76. The van der Waals surface area contributed by atoms with Crippen molar-refractivity contribution in [3.63, 3.8) is 0 Å². The molecule has 0 saturated heterocycles. The summed E-state index contributed by atoms with van der Waals surface area (Å²) >= 11 is 0. The van der Waals surface area contributed by atoms with Crippen LogP contribution < -0.4 is 5.32 Å². The number of carbonyl (C=O) groups is 2. The molecule has 0 aromatic rings. The zero-order valence-corrected chi connectivity index (χ0v) is 39.9. The Morgan fingerprint density at radius 2 is 0.833 bits per heavy atom. The Bertz CT molecular complexity index is 977. The normalized spacial score (nSPS) is 12.9. The van der Waals surface area contributed by atoms with Crippen molar-refractivity contribution < 1.29 is 24.5 Å². The van der Waals surface area contributed by atoms with Gasteiger partial charge in [-0.1, -0.05) is 230 Å². The monoisotopic (exact) mass is 844 g/mol. The summed E-state index contributed by atoms with van der Waals surface area (Å²) in [5, 5.41) is 23.0. The first-order valence-electron chi connectivity index (χ1n) is 26.3. The standard InChI is InChI=1S/C54H101NO5/c1-3-5-7-9-11-13-15-17-19-20-24-28-32-36-40-44-48-54(59)60-49-45-41-37-33-29-25-21-23-27-31-35-39-43-47-53(58)55-51(50-56)52(57)46-42-38-34-30-26-22-18-16-14-12-10-8-6-4-2/h13,15,19-20,42,46,51-52,56-57H,3-12,14,16-18,21-41,43-45,47-50H2,1-2H3,(H,55,58)/b15-13-,20-19-,46-42+. The zero-order valence-electron chi connectivity index (χ0n) is 39.9. The molecule has 0 aliphatic carbocycles. The van der Waals surface area contributed by atoms with E-state index in [1.54, 1.807) is 6.08 Å². The number of esters is 1. The molecule has 0 aliphatic heterocycles. The summed E-state index contributed by atoms with van der Waals surface area (Å²) in [6, 6.07) is -0.638. The predicted octanol–water partition coefficient (Wildman–Crippen LogP) is 15.7. The molecule has 352 valence electrons. The van der Waals surface area contributed by atoms with Crippen molar-refractivity contribution >= 4 is 11.9 Å². The van der Waals surface area contributed by atoms with Crippen LogP contribution in [0.4, 0.5) is 0 Å². The van der Waals surface area contributed by atoms with Gasteiger partial charge in [0.2, 0.25) is 5.91 Å². The van der Waals surface area contributed by atoms with E-state index in [9.17, 15) is 19.8 Å². The number of carbonyl (C=O) groups excluding carboxylic acids is 2. The fourth-order valence-electron chi connectivity index (χ4n) is 7.84. The summed E-state index contributed by atoms with van der Waals surface area (Å²) < 4.78 is 5.46. The minimum absolute atomic E-state index is 0.0208. The molecule has 0 rings (SSSR count). The molecule has 2 atom stereocenters. The van der Waals surface area contributed by atoms with Gasteiger partial charge in [-0.3, -0.25) is 9.59 Å². The Labute approximate surface area is 373 Å². The van der Waals surface area contributed by atoms with E-state index in [1.165, 1.54) is 180 Å². The third-order valence-electron chi connectivity index (χ3n) is 11.9. The number of allylic oxidation sites excluding steroid dienone is 5. The van der Waals surface area contributed by atoms with Crippen LogP contribution in [0.3, 0.4) is 0 Å². The molecule has 0 bridgehead atoms. The average molecular weight is 844 g/mol. The van der Waals surface area contributed by atoms with Crippen LogP contribution in [0.25, 0.3) is 0 Å². The number of amides is 1. The molecular formula is C54H101NO5. The van der Waals surface area contributed by atoms with Gasteiger partial charge < -0.3 is 20.3 Å². The van der Waals surface area contributed by atoms with E-state index < -0.39 is 12.1 Å². The van der Waals surface area contributed by atoms with Gasteiger partial charge in [-0.2, -0.15) is 0 Å². The van der Waals surface area contributed by atoms with E-state index >= 15 is 0 Å². The highest BCUT2D eigenvalue weighted by Crippen LogP contribution is 2.15. The first kappa shape index (κ1) is 58.1. The van der Waals surface area contributed by atoms with Gasteiger partial charge in [-0.15, -0.1) is 0 Å². The number of nitrogens with one attached hydrogen (secondary N) is 1. The van der Waals surface area contributed by atoms with E-state index in [-0.39, 0.29) is 18.5 Å². The first-order valence-corrected chi connectivity index (χ1v) is 26.3. The lowest BCUT2D eigenvalue weighted by Crippen LogP contribution is -2.45. The summed E-state index contributed by atoms with van der Waals surface area (Å²) in [6.45, 7) is 4.84. The zero-order chi connectivity index (χ0) is 43.7. The number of aliphatic hydroxyl groups excluding tert-OH is 2. The summed E-state index contributed by atoms with van der Waals surface area (Å²) in [7, 11) is 0. The Kier molecular flexibility index (Phi) is 48.1. The van der Waals surface area contributed by atoms with Crippen molar-refractivity contribution in [3.05, 3.63) is 36.5 Å². The van der Waals surface area contributed by atoms with E-state index in [4.69, 9.17) is 4.74 Å². The van der Waals surface area contributed by atoms with Crippen molar-refractivity contribution in [1.29, 1.82) is 0 Å². The van der Waals surface area contributed by atoms with Crippen molar-refractivity contribution in [1.82, 2.24) is 5.32 Å². The topological polar surface area (TPSA) is 95.9 Å². The van der Waals surface area contributed by atoms with Gasteiger partial charge in [-0.05, 0) is 64.2 Å². The minimum atomic E-state index is -0.853. The first-order chi connectivity index (χ1) is 29.5.